The van der Waals surface area contributed by atoms with Crippen molar-refractivity contribution in [2.75, 3.05) is 6.54 Å². The molecule has 1 aliphatic rings. The van der Waals surface area contributed by atoms with Crippen molar-refractivity contribution in [1.29, 1.82) is 0 Å². The third kappa shape index (κ3) is 3.80. The number of amides is 1. The van der Waals surface area contributed by atoms with Gasteiger partial charge in [-0.1, -0.05) is 31.2 Å². The molecule has 1 fully saturated rings. The van der Waals surface area contributed by atoms with E-state index in [0.717, 1.165) is 12.0 Å². The summed E-state index contributed by atoms with van der Waals surface area (Å²) in [6.07, 6.45) is 3.45. The molecule has 104 valence electrons. The fourth-order valence-corrected chi connectivity index (χ4v) is 2.26. The van der Waals surface area contributed by atoms with Crippen LogP contribution in [0.1, 0.15) is 43.7 Å². The smallest absolute Gasteiger partial charge is 0.227 e. The van der Waals surface area contributed by atoms with E-state index in [1.54, 1.807) is 0 Å². The highest BCUT2D eigenvalue weighted by molar-refractivity contribution is 5.83. The quantitative estimate of drug-likeness (QED) is 0.824. The molecule has 0 aromatic heterocycles. The SMILES string of the molecule is CCc1ccc(C(C)C(=O)NCC(N)C2CC2)cc1. The van der Waals surface area contributed by atoms with Gasteiger partial charge in [0, 0.05) is 12.6 Å². The average molecular weight is 260 g/mol. The van der Waals surface area contributed by atoms with E-state index in [2.05, 4.69) is 24.4 Å². The van der Waals surface area contributed by atoms with Crippen molar-refractivity contribution in [1.82, 2.24) is 5.32 Å². The van der Waals surface area contributed by atoms with E-state index in [0.29, 0.717) is 12.5 Å². The lowest BCUT2D eigenvalue weighted by molar-refractivity contribution is -0.122. The summed E-state index contributed by atoms with van der Waals surface area (Å²) < 4.78 is 0. The Bertz CT molecular complexity index is 423. The molecule has 1 saturated carbocycles. The fraction of sp³-hybridized carbons (Fsp3) is 0.562. The summed E-state index contributed by atoms with van der Waals surface area (Å²) >= 11 is 0. The Balaban J connectivity index is 1.86. The number of aryl methyl sites for hydroxylation is 1. The molecule has 0 saturated heterocycles. The highest BCUT2D eigenvalue weighted by atomic mass is 16.1. The molecule has 3 nitrogen and oxygen atoms in total. The van der Waals surface area contributed by atoms with Gasteiger partial charge >= 0.3 is 0 Å². The van der Waals surface area contributed by atoms with Crippen molar-refractivity contribution >= 4 is 5.91 Å². The third-order valence-electron chi connectivity index (χ3n) is 4.02. The van der Waals surface area contributed by atoms with Crippen LogP contribution < -0.4 is 11.1 Å². The minimum Gasteiger partial charge on any atom is -0.354 e. The van der Waals surface area contributed by atoms with Gasteiger partial charge in [-0.3, -0.25) is 4.79 Å². The highest BCUT2D eigenvalue weighted by Crippen LogP contribution is 2.31. The highest BCUT2D eigenvalue weighted by Gasteiger charge is 2.28. The molecule has 0 aliphatic heterocycles. The third-order valence-corrected chi connectivity index (χ3v) is 4.02. The van der Waals surface area contributed by atoms with Crippen LogP contribution in [0.3, 0.4) is 0 Å². The maximum atomic E-state index is 12.1. The van der Waals surface area contributed by atoms with E-state index >= 15 is 0 Å². The molecular formula is C16H24N2O. The van der Waals surface area contributed by atoms with Crippen LogP contribution in [0.2, 0.25) is 0 Å². The second-order valence-electron chi connectivity index (χ2n) is 5.56. The van der Waals surface area contributed by atoms with E-state index in [-0.39, 0.29) is 17.9 Å². The van der Waals surface area contributed by atoms with Gasteiger partial charge in [0.05, 0.1) is 5.92 Å². The molecule has 2 rings (SSSR count). The van der Waals surface area contributed by atoms with E-state index < -0.39 is 0 Å². The van der Waals surface area contributed by atoms with Crippen molar-refractivity contribution < 1.29 is 4.79 Å². The first-order chi connectivity index (χ1) is 9.11. The second kappa shape index (κ2) is 6.20. The summed E-state index contributed by atoms with van der Waals surface area (Å²) in [7, 11) is 0. The Kier molecular flexibility index (Phi) is 4.59. The molecule has 1 amide bonds. The lowest BCUT2D eigenvalue weighted by atomic mass is 9.98. The van der Waals surface area contributed by atoms with Crippen LogP contribution in [-0.4, -0.2) is 18.5 Å². The van der Waals surface area contributed by atoms with Gasteiger partial charge in [0.2, 0.25) is 5.91 Å². The normalized spacial score (nSPS) is 17.8. The molecule has 0 spiro atoms. The maximum absolute atomic E-state index is 12.1. The monoisotopic (exact) mass is 260 g/mol. The van der Waals surface area contributed by atoms with Gasteiger partial charge in [0.15, 0.2) is 0 Å². The Morgan fingerprint density at radius 1 is 1.37 bits per heavy atom. The first-order valence-electron chi connectivity index (χ1n) is 7.24. The predicted octanol–water partition coefficient (Wildman–Crippen LogP) is 2.21. The van der Waals surface area contributed by atoms with E-state index in [1.807, 2.05) is 19.1 Å². The average Bonchev–Trinajstić information content (AvgIpc) is 3.28. The molecule has 3 heteroatoms. The first kappa shape index (κ1) is 14.1. The molecule has 2 unspecified atom stereocenters. The van der Waals surface area contributed by atoms with Gasteiger partial charge in [0.1, 0.15) is 0 Å². The second-order valence-corrected chi connectivity index (χ2v) is 5.56. The lowest BCUT2D eigenvalue weighted by Crippen LogP contribution is -2.40. The topological polar surface area (TPSA) is 55.1 Å². The van der Waals surface area contributed by atoms with Crippen molar-refractivity contribution in [3.05, 3.63) is 35.4 Å². The Labute approximate surface area is 115 Å². The van der Waals surface area contributed by atoms with Gasteiger partial charge in [-0.05, 0) is 43.2 Å². The molecule has 0 bridgehead atoms. The molecular weight excluding hydrogens is 236 g/mol. The van der Waals surface area contributed by atoms with Crippen molar-refractivity contribution in [3.8, 4) is 0 Å². The van der Waals surface area contributed by atoms with E-state index in [9.17, 15) is 4.79 Å². The summed E-state index contributed by atoms with van der Waals surface area (Å²) in [5.41, 5.74) is 8.35. The van der Waals surface area contributed by atoms with Crippen LogP contribution in [0.25, 0.3) is 0 Å². The first-order valence-corrected chi connectivity index (χ1v) is 7.24. The standard InChI is InChI=1S/C16H24N2O/c1-3-12-4-6-13(7-5-12)11(2)16(19)18-10-15(17)14-8-9-14/h4-7,11,14-15H,3,8-10,17H2,1-2H3,(H,18,19). The molecule has 1 aromatic carbocycles. The lowest BCUT2D eigenvalue weighted by Gasteiger charge is -2.16. The number of carbonyl (C=O) groups is 1. The maximum Gasteiger partial charge on any atom is 0.227 e. The number of carbonyl (C=O) groups excluding carboxylic acids is 1. The number of nitrogens with two attached hydrogens (primary N) is 1. The van der Waals surface area contributed by atoms with E-state index in [1.165, 1.54) is 18.4 Å². The van der Waals surface area contributed by atoms with Crippen LogP contribution in [0.5, 0.6) is 0 Å². The molecule has 1 aromatic rings. The Morgan fingerprint density at radius 2 is 2.00 bits per heavy atom. The summed E-state index contributed by atoms with van der Waals surface area (Å²) in [5.74, 6) is 0.581. The van der Waals surface area contributed by atoms with Crippen LogP contribution in [0.15, 0.2) is 24.3 Å². The number of rotatable bonds is 6. The summed E-state index contributed by atoms with van der Waals surface area (Å²) in [5, 5.41) is 2.97. The fourth-order valence-electron chi connectivity index (χ4n) is 2.26. The van der Waals surface area contributed by atoms with Crippen molar-refractivity contribution in [2.45, 2.75) is 45.1 Å². The number of nitrogens with one attached hydrogen (secondary N) is 1. The Morgan fingerprint density at radius 3 is 2.53 bits per heavy atom. The van der Waals surface area contributed by atoms with Gasteiger partial charge in [-0.15, -0.1) is 0 Å². The van der Waals surface area contributed by atoms with Crippen LogP contribution >= 0.6 is 0 Å². The number of hydrogen-bond acceptors (Lipinski definition) is 2. The summed E-state index contributed by atoms with van der Waals surface area (Å²) in [6, 6.07) is 8.40. The van der Waals surface area contributed by atoms with Crippen molar-refractivity contribution in [2.24, 2.45) is 11.7 Å². The van der Waals surface area contributed by atoms with Crippen LogP contribution in [0, 0.1) is 5.92 Å². The molecule has 3 N–H and O–H groups in total. The van der Waals surface area contributed by atoms with Gasteiger partial charge in [0.25, 0.3) is 0 Å². The molecule has 1 aliphatic carbocycles. The van der Waals surface area contributed by atoms with Gasteiger partial charge in [-0.2, -0.15) is 0 Å². The largest absolute Gasteiger partial charge is 0.354 e. The number of benzene rings is 1. The Hall–Kier alpha value is -1.35. The molecule has 0 radical (unpaired) electrons. The van der Waals surface area contributed by atoms with E-state index in [4.69, 9.17) is 5.73 Å². The molecule has 0 heterocycles. The number of hydrogen-bond donors (Lipinski definition) is 2. The molecule has 19 heavy (non-hydrogen) atoms. The zero-order valence-electron chi connectivity index (χ0n) is 11.9. The summed E-state index contributed by atoms with van der Waals surface area (Å²) in [6.45, 7) is 4.67. The van der Waals surface area contributed by atoms with Gasteiger partial charge in [-0.25, -0.2) is 0 Å². The van der Waals surface area contributed by atoms with Crippen molar-refractivity contribution in [3.63, 3.8) is 0 Å². The zero-order valence-corrected chi connectivity index (χ0v) is 11.9. The van der Waals surface area contributed by atoms with Crippen LogP contribution in [0.4, 0.5) is 0 Å². The minimum absolute atomic E-state index is 0.0698. The van der Waals surface area contributed by atoms with Gasteiger partial charge < -0.3 is 11.1 Å². The molecule has 2 atom stereocenters. The minimum atomic E-state index is -0.114. The van der Waals surface area contributed by atoms with Crippen LogP contribution in [-0.2, 0) is 11.2 Å². The summed E-state index contributed by atoms with van der Waals surface area (Å²) in [4.78, 5) is 12.1. The predicted molar refractivity (Wildman–Crippen MR) is 77.9 cm³/mol. The zero-order chi connectivity index (χ0) is 13.8.